The minimum atomic E-state index is -0.365. The minimum Gasteiger partial charge on any atom is -0.457 e. The Balaban J connectivity index is 1.97. The summed E-state index contributed by atoms with van der Waals surface area (Å²) in [7, 11) is 0. The molecule has 2 N–H and O–H groups in total. The van der Waals surface area contributed by atoms with E-state index in [0.717, 1.165) is 9.13 Å². The molecule has 0 aliphatic rings. The number of hydrogen-bond donors (Lipinski definition) is 1. The summed E-state index contributed by atoms with van der Waals surface area (Å²) in [6.45, 7) is 0.271. The van der Waals surface area contributed by atoms with Crippen LogP contribution in [0.5, 0.6) is 0 Å². The highest BCUT2D eigenvalue weighted by atomic mass is 127. The molecule has 0 spiro atoms. The van der Waals surface area contributed by atoms with E-state index in [-0.39, 0.29) is 12.6 Å². The van der Waals surface area contributed by atoms with Crippen LogP contribution in [0.3, 0.4) is 0 Å². The van der Waals surface area contributed by atoms with Crippen molar-refractivity contribution < 1.29 is 9.53 Å². The van der Waals surface area contributed by atoms with E-state index in [1.54, 1.807) is 11.4 Å². The normalized spacial score (nSPS) is 10.2. The number of benzene rings is 1. The lowest BCUT2D eigenvalue weighted by Crippen LogP contribution is -2.05. The monoisotopic (exact) mass is 359 g/mol. The van der Waals surface area contributed by atoms with Crippen LogP contribution in [0.4, 0.5) is 5.69 Å². The second kappa shape index (κ2) is 5.50. The van der Waals surface area contributed by atoms with Crippen LogP contribution in [0.25, 0.3) is 0 Å². The van der Waals surface area contributed by atoms with Gasteiger partial charge in [-0.05, 0) is 51.7 Å². The van der Waals surface area contributed by atoms with E-state index < -0.39 is 0 Å². The molecule has 0 radical (unpaired) electrons. The van der Waals surface area contributed by atoms with E-state index in [2.05, 4.69) is 22.6 Å². The third kappa shape index (κ3) is 3.19. The minimum absolute atomic E-state index is 0.271. The van der Waals surface area contributed by atoms with Crippen molar-refractivity contribution in [3.63, 3.8) is 0 Å². The molecule has 0 unspecified atom stereocenters. The van der Waals surface area contributed by atoms with Crippen molar-refractivity contribution >= 4 is 45.6 Å². The average Bonchev–Trinajstić information content (AvgIpc) is 2.74. The standard InChI is InChI=1S/C12H10INO2S/c13-9-3-1-8(2-4-9)7-16-12(15)11-10(14)5-6-17-11/h1-6H,7,14H2. The highest BCUT2D eigenvalue weighted by Crippen LogP contribution is 2.20. The van der Waals surface area contributed by atoms with Gasteiger partial charge in [0.05, 0.1) is 5.69 Å². The maximum atomic E-state index is 11.7. The number of rotatable bonds is 3. The summed E-state index contributed by atoms with van der Waals surface area (Å²) >= 11 is 3.52. The van der Waals surface area contributed by atoms with Crippen molar-refractivity contribution in [2.45, 2.75) is 6.61 Å². The molecule has 0 saturated carbocycles. The first kappa shape index (κ1) is 12.4. The predicted molar refractivity (Wildman–Crippen MR) is 77.0 cm³/mol. The Hall–Kier alpha value is -1.08. The highest BCUT2D eigenvalue weighted by molar-refractivity contribution is 14.1. The lowest BCUT2D eigenvalue weighted by atomic mass is 10.2. The van der Waals surface area contributed by atoms with Crippen LogP contribution >= 0.6 is 33.9 Å². The summed E-state index contributed by atoms with van der Waals surface area (Å²) in [6.07, 6.45) is 0. The zero-order valence-corrected chi connectivity index (χ0v) is 11.8. The first-order chi connectivity index (χ1) is 8.16. The summed E-state index contributed by atoms with van der Waals surface area (Å²) in [4.78, 5) is 12.1. The molecule has 0 atom stereocenters. The Kier molecular flexibility index (Phi) is 4.01. The molecule has 1 aromatic carbocycles. The summed E-state index contributed by atoms with van der Waals surface area (Å²) in [5.41, 5.74) is 7.08. The van der Waals surface area contributed by atoms with Gasteiger partial charge in [-0.15, -0.1) is 11.3 Å². The van der Waals surface area contributed by atoms with Crippen molar-refractivity contribution in [1.29, 1.82) is 0 Å². The van der Waals surface area contributed by atoms with Gasteiger partial charge >= 0.3 is 5.97 Å². The molecule has 0 fully saturated rings. The first-order valence-electron chi connectivity index (χ1n) is 4.91. The molecule has 0 aliphatic carbocycles. The molecule has 1 aromatic heterocycles. The fourth-order valence-electron chi connectivity index (χ4n) is 1.28. The fraction of sp³-hybridized carbons (Fsp3) is 0.0833. The molecular formula is C12H10INO2S. The second-order valence-corrected chi connectivity index (χ2v) is 5.57. The van der Waals surface area contributed by atoms with Crippen molar-refractivity contribution in [3.05, 3.63) is 49.7 Å². The van der Waals surface area contributed by atoms with E-state index in [1.165, 1.54) is 11.3 Å². The number of esters is 1. The Morgan fingerprint density at radius 1 is 1.29 bits per heavy atom. The summed E-state index contributed by atoms with van der Waals surface area (Å²) in [5.74, 6) is -0.365. The first-order valence-corrected chi connectivity index (χ1v) is 6.87. The Morgan fingerprint density at radius 2 is 2.00 bits per heavy atom. The van der Waals surface area contributed by atoms with Crippen molar-refractivity contribution in [2.24, 2.45) is 0 Å². The van der Waals surface area contributed by atoms with Gasteiger partial charge in [-0.3, -0.25) is 0 Å². The predicted octanol–water partition coefficient (Wildman–Crippen LogP) is 3.29. The van der Waals surface area contributed by atoms with Gasteiger partial charge in [0, 0.05) is 3.57 Å². The topological polar surface area (TPSA) is 52.3 Å². The Labute approximate surface area is 117 Å². The van der Waals surface area contributed by atoms with Gasteiger partial charge in [0.25, 0.3) is 0 Å². The van der Waals surface area contributed by atoms with E-state index in [9.17, 15) is 4.79 Å². The Morgan fingerprint density at radius 3 is 2.59 bits per heavy atom. The third-order valence-electron chi connectivity index (χ3n) is 2.16. The summed E-state index contributed by atoms with van der Waals surface area (Å²) < 4.78 is 6.34. The zero-order valence-electron chi connectivity index (χ0n) is 8.85. The van der Waals surface area contributed by atoms with Crippen molar-refractivity contribution in [1.82, 2.24) is 0 Å². The van der Waals surface area contributed by atoms with Crippen LogP contribution in [0.1, 0.15) is 15.2 Å². The van der Waals surface area contributed by atoms with Gasteiger partial charge in [0.1, 0.15) is 11.5 Å². The van der Waals surface area contributed by atoms with Crippen LogP contribution in [0, 0.1) is 3.57 Å². The molecule has 0 saturated heterocycles. The van der Waals surface area contributed by atoms with E-state index in [1.807, 2.05) is 24.3 Å². The molecule has 5 heteroatoms. The van der Waals surface area contributed by atoms with E-state index in [4.69, 9.17) is 10.5 Å². The van der Waals surface area contributed by atoms with Crippen LogP contribution in [-0.2, 0) is 11.3 Å². The highest BCUT2D eigenvalue weighted by Gasteiger charge is 2.12. The van der Waals surface area contributed by atoms with Crippen LogP contribution < -0.4 is 5.73 Å². The number of anilines is 1. The molecule has 17 heavy (non-hydrogen) atoms. The van der Waals surface area contributed by atoms with Gasteiger partial charge in [-0.2, -0.15) is 0 Å². The van der Waals surface area contributed by atoms with Crippen molar-refractivity contribution in [3.8, 4) is 0 Å². The number of ether oxygens (including phenoxy) is 1. The summed E-state index contributed by atoms with van der Waals surface area (Å²) in [6, 6.07) is 9.53. The SMILES string of the molecule is Nc1ccsc1C(=O)OCc1ccc(I)cc1. The van der Waals surface area contributed by atoms with Crippen LogP contribution in [0.15, 0.2) is 35.7 Å². The van der Waals surface area contributed by atoms with E-state index in [0.29, 0.717) is 10.6 Å². The van der Waals surface area contributed by atoms with Crippen LogP contribution in [0.2, 0.25) is 0 Å². The quantitative estimate of drug-likeness (QED) is 0.676. The number of nitrogens with two attached hydrogens (primary N) is 1. The molecule has 2 aromatic rings. The van der Waals surface area contributed by atoms with Gasteiger partial charge in [-0.25, -0.2) is 4.79 Å². The van der Waals surface area contributed by atoms with Gasteiger partial charge < -0.3 is 10.5 Å². The molecule has 1 heterocycles. The van der Waals surface area contributed by atoms with Gasteiger partial charge in [0.15, 0.2) is 0 Å². The molecule has 3 nitrogen and oxygen atoms in total. The molecule has 88 valence electrons. The fourth-order valence-corrected chi connectivity index (χ4v) is 2.35. The smallest absolute Gasteiger partial charge is 0.350 e. The number of halogens is 1. The number of carbonyl (C=O) groups is 1. The molecule has 0 amide bonds. The molecule has 2 rings (SSSR count). The third-order valence-corrected chi connectivity index (χ3v) is 3.79. The summed E-state index contributed by atoms with van der Waals surface area (Å²) in [5, 5.41) is 1.77. The molecule has 0 bridgehead atoms. The number of thiophene rings is 1. The van der Waals surface area contributed by atoms with Crippen molar-refractivity contribution in [2.75, 3.05) is 5.73 Å². The molecule has 0 aliphatic heterocycles. The number of carbonyl (C=O) groups excluding carboxylic acids is 1. The van der Waals surface area contributed by atoms with Gasteiger partial charge in [0.2, 0.25) is 0 Å². The van der Waals surface area contributed by atoms with Gasteiger partial charge in [-0.1, -0.05) is 12.1 Å². The number of nitrogen functional groups attached to an aromatic ring is 1. The Bertz CT molecular complexity index is 522. The average molecular weight is 359 g/mol. The molecular weight excluding hydrogens is 349 g/mol. The largest absolute Gasteiger partial charge is 0.457 e. The van der Waals surface area contributed by atoms with E-state index >= 15 is 0 Å². The lowest BCUT2D eigenvalue weighted by Gasteiger charge is -2.04. The maximum Gasteiger partial charge on any atom is 0.350 e. The van der Waals surface area contributed by atoms with Crippen LogP contribution in [-0.4, -0.2) is 5.97 Å². The zero-order chi connectivity index (χ0) is 12.3. The number of hydrogen-bond acceptors (Lipinski definition) is 4. The lowest BCUT2D eigenvalue weighted by molar-refractivity contribution is 0.0479. The second-order valence-electron chi connectivity index (χ2n) is 3.41. The maximum absolute atomic E-state index is 11.7.